The number of hydrogen-bond acceptors (Lipinski definition) is 4. The maximum Gasteiger partial charge on any atom is 0.246 e. The third-order valence-electron chi connectivity index (χ3n) is 3.91. The van der Waals surface area contributed by atoms with E-state index in [1.807, 2.05) is 0 Å². The fraction of sp³-hybridized carbons (Fsp3) is 0.200. The Morgan fingerprint density at radius 1 is 1.07 bits per heavy atom. The molecule has 2 amide bonds. The second-order valence-electron chi connectivity index (χ2n) is 5.91. The molecule has 0 aliphatic heterocycles. The fourth-order valence-corrected chi connectivity index (χ4v) is 2.36. The minimum atomic E-state index is -1.69. The summed E-state index contributed by atoms with van der Waals surface area (Å²) in [5.74, 6) is -4.79. The van der Waals surface area contributed by atoms with Crippen molar-refractivity contribution in [2.45, 2.75) is 0 Å². The van der Waals surface area contributed by atoms with Crippen LogP contribution in [0.4, 0.5) is 18.9 Å². The summed E-state index contributed by atoms with van der Waals surface area (Å²) in [6.45, 7) is -0.434. The van der Waals surface area contributed by atoms with Gasteiger partial charge in [0.15, 0.2) is 17.5 Å². The lowest BCUT2D eigenvalue weighted by molar-refractivity contribution is -0.129. The van der Waals surface area contributed by atoms with Gasteiger partial charge in [-0.1, -0.05) is 0 Å². The molecule has 0 radical (unpaired) electrons. The number of nitrogens with one attached hydrogen (secondary N) is 1. The molecule has 2 aromatic rings. The van der Waals surface area contributed by atoms with Crippen molar-refractivity contribution in [1.82, 2.24) is 4.90 Å². The van der Waals surface area contributed by atoms with Crippen LogP contribution < -0.4 is 14.8 Å². The van der Waals surface area contributed by atoms with E-state index in [1.54, 1.807) is 18.2 Å². The van der Waals surface area contributed by atoms with Gasteiger partial charge >= 0.3 is 0 Å². The molecule has 0 fully saturated rings. The van der Waals surface area contributed by atoms with Gasteiger partial charge in [0.2, 0.25) is 11.8 Å². The second-order valence-corrected chi connectivity index (χ2v) is 5.91. The van der Waals surface area contributed by atoms with Gasteiger partial charge in [-0.15, -0.1) is 0 Å². The Kier molecular flexibility index (Phi) is 7.24. The molecular formula is C20H19F3N2O4. The van der Waals surface area contributed by atoms with Gasteiger partial charge in [-0.05, 0) is 36.4 Å². The molecule has 0 aliphatic rings. The zero-order valence-electron chi connectivity index (χ0n) is 16.0. The van der Waals surface area contributed by atoms with E-state index in [-0.39, 0.29) is 0 Å². The number of hydrogen-bond donors (Lipinski definition) is 1. The summed E-state index contributed by atoms with van der Waals surface area (Å²) in [4.78, 5) is 25.3. The summed E-state index contributed by atoms with van der Waals surface area (Å²) < 4.78 is 50.1. The number of carbonyl (C=O) groups excluding carboxylic acids is 2. The summed E-state index contributed by atoms with van der Waals surface area (Å²) in [5, 5.41) is 2.10. The lowest BCUT2D eigenvalue weighted by Crippen LogP contribution is -2.34. The van der Waals surface area contributed by atoms with Crippen LogP contribution in [0.1, 0.15) is 5.56 Å². The molecule has 154 valence electrons. The van der Waals surface area contributed by atoms with Crippen LogP contribution in [0.2, 0.25) is 0 Å². The number of rotatable bonds is 7. The van der Waals surface area contributed by atoms with Crippen molar-refractivity contribution in [1.29, 1.82) is 0 Å². The van der Waals surface area contributed by atoms with Gasteiger partial charge < -0.3 is 19.7 Å². The first-order valence-electron chi connectivity index (χ1n) is 8.35. The highest BCUT2D eigenvalue weighted by molar-refractivity contribution is 5.98. The molecule has 0 unspecified atom stereocenters. The molecule has 6 nitrogen and oxygen atoms in total. The largest absolute Gasteiger partial charge is 0.497 e. The normalized spacial score (nSPS) is 10.7. The third-order valence-corrected chi connectivity index (χ3v) is 3.91. The number of ether oxygens (including phenoxy) is 2. The van der Waals surface area contributed by atoms with Gasteiger partial charge in [0.05, 0.1) is 26.5 Å². The molecule has 1 N–H and O–H groups in total. The van der Waals surface area contributed by atoms with Crippen molar-refractivity contribution in [3.8, 4) is 11.5 Å². The van der Waals surface area contributed by atoms with Crippen LogP contribution in [0.3, 0.4) is 0 Å². The molecule has 0 heterocycles. The van der Waals surface area contributed by atoms with E-state index in [2.05, 4.69) is 5.32 Å². The Balaban J connectivity index is 2.03. The first-order valence-corrected chi connectivity index (χ1v) is 8.35. The number of halogens is 3. The molecular weight excluding hydrogens is 389 g/mol. The topological polar surface area (TPSA) is 67.9 Å². The SMILES string of the molecule is COc1ccc(OC)c(C=CC(=O)N(C)CC(=O)Nc2ccc(F)c(F)c2F)c1. The third kappa shape index (κ3) is 5.50. The zero-order valence-corrected chi connectivity index (χ0v) is 16.0. The van der Waals surface area contributed by atoms with Crippen molar-refractivity contribution in [2.75, 3.05) is 33.1 Å². The molecule has 9 heteroatoms. The van der Waals surface area contributed by atoms with E-state index in [1.165, 1.54) is 33.4 Å². The number of methoxy groups -OCH3 is 2. The molecule has 0 spiro atoms. The van der Waals surface area contributed by atoms with Crippen molar-refractivity contribution in [3.05, 3.63) is 59.4 Å². The molecule has 0 bridgehead atoms. The predicted octanol–water partition coefficient (Wildman–Crippen LogP) is 3.23. The molecule has 29 heavy (non-hydrogen) atoms. The monoisotopic (exact) mass is 408 g/mol. The van der Waals surface area contributed by atoms with E-state index in [0.717, 1.165) is 11.0 Å². The predicted molar refractivity (Wildman–Crippen MR) is 101 cm³/mol. The lowest BCUT2D eigenvalue weighted by Gasteiger charge is -2.15. The minimum Gasteiger partial charge on any atom is -0.497 e. The summed E-state index contributed by atoms with van der Waals surface area (Å²) in [6.07, 6.45) is 2.72. The Morgan fingerprint density at radius 3 is 2.45 bits per heavy atom. The van der Waals surface area contributed by atoms with Crippen LogP contribution in [0.5, 0.6) is 11.5 Å². The first kappa shape index (κ1) is 21.8. The summed E-state index contributed by atoms with van der Waals surface area (Å²) in [6, 6.07) is 6.62. The molecule has 0 aromatic heterocycles. The van der Waals surface area contributed by atoms with Gasteiger partial charge in [-0.25, -0.2) is 13.2 Å². The summed E-state index contributed by atoms with van der Waals surface area (Å²) in [5.41, 5.74) is 0.0633. The zero-order chi connectivity index (χ0) is 21.6. The van der Waals surface area contributed by atoms with Crippen LogP contribution in [0.15, 0.2) is 36.4 Å². The molecule has 2 rings (SSSR count). The maximum atomic E-state index is 13.6. The second kappa shape index (κ2) is 9.63. The van der Waals surface area contributed by atoms with Crippen LogP contribution in [-0.2, 0) is 9.59 Å². The highest BCUT2D eigenvalue weighted by Crippen LogP contribution is 2.25. The van der Waals surface area contributed by atoms with Crippen molar-refractivity contribution in [3.63, 3.8) is 0 Å². The standard InChI is InChI=1S/C20H19F3N2O4/c1-25(11-17(26)24-15-7-6-14(21)19(22)20(15)23)18(27)9-4-12-10-13(28-2)5-8-16(12)29-3/h4-10H,11H2,1-3H3,(H,24,26). The van der Waals surface area contributed by atoms with Gasteiger partial charge in [-0.2, -0.15) is 0 Å². The van der Waals surface area contributed by atoms with E-state index >= 15 is 0 Å². The molecule has 0 saturated heterocycles. The lowest BCUT2D eigenvalue weighted by atomic mass is 10.1. The fourth-order valence-electron chi connectivity index (χ4n) is 2.36. The Labute approximate surface area is 165 Å². The number of carbonyl (C=O) groups is 2. The molecule has 2 aromatic carbocycles. The summed E-state index contributed by atoms with van der Waals surface area (Å²) >= 11 is 0. The van der Waals surface area contributed by atoms with Gasteiger partial charge in [0.1, 0.15) is 11.5 Å². The van der Waals surface area contributed by atoms with Gasteiger partial charge in [-0.3, -0.25) is 9.59 Å². The smallest absolute Gasteiger partial charge is 0.246 e. The highest BCUT2D eigenvalue weighted by Gasteiger charge is 2.17. The van der Waals surface area contributed by atoms with E-state index in [9.17, 15) is 22.8 Å². The van der Waals surface area contributed by atoms with E-state index in [0.29, 0.717) is 23.1 Å². The number of anilines is 1. The van der Waals surface area contributed by atoms with Crippen molar-refractivity contribution in [2.24, 2.45) is 0 Å². The summed E-state index contributed by atoms with van der Waals surface area (Å²) in [7, 11) is 4.34. The van der Waals surface area contributed by atoms with Crippen molar-refractivity contribution >= 4 is 23.6 Å². The maximum absolute atomic E-state index is 13.6. The molecule has 0 saturated carbocycles. The van der Waals surface area contributed by atoms with E-state index < -0.39 is 41.5 Å². The van der Waals surface area contributed by atoms with Crippen LogP contribution in [-0.4, -0.2) is 44.5 Å². The van der Waals surface area contributed by atoms with Crippen LogP contribution >= 0.6 is 0 Å². The number of likely N-dealkylation sites (N-methyl/N-ethyl adjacent to an activating group) is 1. The average Bonchev–Trinajstić information content (AvgIpc) is 2.71. The van der Waals surface area contributed by atoms with Gasteiger partial charge in [0.25, 0.3) is 0 Å². The van der Waals surface area contributed by atoms with Crippen molar-refractivity contribution < 1.29 is 32.2 Å². The Bertz CT molecular complexity index is 948. The van der Waals surface area contributed by atoms with Gasteiger partial charge in [0, 0.05) is 18.7 Å². The van der Waals surface area contributed by atoms with Crippen LogP contribution in [0, 0.1) is 17.5 Å². The Hall–Kier alpha value is -3.49. The van der Waals surface area contributed by atoms with E-state index in [4.69, 9.17) is 9.47 Å². The number of benzene rings is 2. The molecule has 0 atom stereocenters. The number of nitrogens with zero attached hydrogens (tertiary/aromatic N) is 1. The quantitative estimate of drug-likeness (QED) is 0.564. The average molecular weight is 408 g/mol. The first-order chi connectivity index (χ1) is 13.8. The minimum absolute atomic E-state index is 0.434. The molecule has 0 aliphatic carbocycles. The number of amides is 2. The Morgan fingerprint density at radius 2 is 1.79 bits per heavy atom. The highest BCUT2D eigenvalue weighted by atomic mass is 19.2. The van der Waals surface area contributed by atoms with Crippen LogP contribution in [0.25, 0.3) is 6.08 Å².